The number of rotatable bonds is 6. The fraction of sp³-hybridized carbons (Fsp3) is 0.667. The maximum atomic E-state index is 10.9. The maximum Gasteiger partial charge on any atom is 0.269 e. The van der Waals surface area contributed by atoms with Gasteiger partial charge in [0, 0.05) is 43.9 Å². The molecule has 0 spiro atoms. The van der Waals surface area contributed by atoms with E-state index in [-0.39, 0.29) is 34.6 Å². The van der Waals surface area contributed by atoms with E-state index in [1.165, 1.54) is 38.2 Å². The Labute approximate surface area is 190 Å². The summed E-state index contributed by atoms with van der Waals surface area (Å²) in [5, 5.41) is 17.8. The quantitative estimate of drug-likeness (QED) is 0.196. The number of likely N-dealkylation sites (tertiary alicyclic amines) is 1. The van der Waals surface area contributed by atoms with Crippen molar-refractivity contribution in [3.8, 4) is 0 Å². The Morgan fingerprint density at radius 3 is 2.59 bits per heavy atom. The van der Waals surface area contributed by atoms with Crippen LogP contribution in [0.1, 0.15) is 57.4 Å². The standard InChI is InChI=1S/C21H33N5O2.HI/c1-2-22-21(23-16-17-7-6-10-20(15-17)26(27)28)24-18-11-13-25(14-12-18)19-8-4-3-5-9-19;/h6-7,10,15,18-19H,2-5,8-9,11-14,16H2,1H3,(H2,22,23,24);1H. The topological polar surface area (TPSA) is 82.8 Å². The van der Waals surface area contributed by atoms with Crippen molar-refractivity contribution in [3.05, 3.63) is 39.9 Å². The molecule has 0 bridgehead atoms. The lowest BCUT2D eigenvalue weighted by Crippen LogP contribution is -2.50. The van der Waals surface area contributed by atoms with Gasteiger partial charge in [-0.2, -0.15) is 0 Å². The van der Waals surface area contributed by atoms with Gasteiger partial charge in [-0.3, -0.25) is 10.1 Å². The zero-order valence-electron chi connectivity index (χ0n) is 17.3. The van der Waals surface area contributed by atoms with Crippen LogP contribution in [0.5, 0.6) is 0 Å². The van der Waals surface area contributed by atoms with Crippen LogP contribution in [-0.4, -0.2) is 47.5 Å². The lowest BCUT2D eigenvalue weighted by Gasteiger charge is -2.39. The van der Waals surface area contributed by atoms with E-state index in [1.807, 2.05) is 6.07 Å². The molecule has 2 N–H and O–H groups in total. The fourth-order valence-corrected chi connectivity index (χ4v) is 4.31. The molecule has 1 saturated heterocycles. The van der Waals surface area contributed by atoms with Crippen LogP contribution in [0.2, 0.25) is 0 Å². The van der Waals surface area contributed by atoms with Gasteiger partial charge in [-0.15, -0.1) is 24.0 Å². The monoisotopic (exact) mass is 515 g/mol. The molecule has 0 unspecified atom stereocenters. The summed E-state index contributed by atoms with van der Waals surface area (Å²) in [6, 6.07) is 7.92. The van der Waals surface area contributed by atoms with Gasteiger partial charge in [-0.1, -0.05) is 31.4 Å². The van der Waals surface area contributed by atoms with Gasteiger partial charge in [0.1, 0.15) is 0 Å². The normalized spacial score (nSPS) is 19.4. The number of non-ortho nitro benzene ring substituents is 1. The number of piperidine rings is 1. The van der Waals surface area contributed by atoms with E-state index in [0.29, 0.717) is 12.6 Å². The van der Waals surface area contributed by atoms with Crippen LogP contribution in [0.4, 0.5) is 5.69 Å². The van der Waals surface area contributed by atoms with Crippen molar-refractivity contribution in [2.45, 2.75) is 70.5 Å². The molecule has 1 aromatic carbocycles. The van der Waals surface area contributed by atoms with E-state index < -0.39 is 0 Å². The Bertz CT molecular complexity index is 671. The molecule has 29 heavy (non-hydrogen) atoms. The third-order valence-corrected chi connectivity index (χ3v) is 5.85. The summed E-state index contributed by atoms with van der Waals surface area (Å²) in [5.74, 6) is 0.796. The molecular formula is C21H34IN5O2. The third kappa shape index (κ3) is 7.40. The van der Waals surface area contributed by atoms with Crippen molar-refractivity contribution >= 4 is 35.6 Å². The van der Waals surface area contributed by atoms with E-state index in [9.17, 15) is 10.1 Å². The van der Waals surface area contributed by atoms with E-state index in [0.717, 1.165) is 50.0 Å². The second-order valence-corrected chi connectivity index (χ2v) is 7.87. The van der Waals surface area contributed by atoms with Crippen molar-refractivity contribution < 1.29 is 4.92 Å². The van der Waals surface area contributed by atoms with Gasteiger partial charge in [-0.05, 0) is 38.2 Å². The van der Waals surface area contributed by atoms with Gasteiger partial charge >= 0.3 is 0 Å². The fourth-order valence-electron chi connectivity index (χ4n) is 4.31. The molecule has 7 nitrogen and oxygen atoms in total. The highest BCUT2D eigenvalue weighted by molar-refractivity contribution is 14.0. The highest BCUT2D eigenvalue weighted by Crippen LogP contribution is 2.25. The molecule has 1 aliphatic carbocycles. The van der Waals surface area contributed by atoms with Gasteiger partial charge < -0.3 is 15.5 Å². The zero-order chi connectivity index (χ0) is 19.8. The summed E-state index contributed by atoms with van der Waals surface area (Å²) in [6.45, 7) is 5.59. The Hall–Kier alpha value is -1.42. The Morgan fingerprint density at radius 2 is 1.93 bits per heavy atom. The number of halogens is 1. The smallest absolute Gasteiger partial charge is 0.269 e. The molecule has 0 atom stereocenters. The first-order chi connectivity index (χ1) is 13.7. The Balaban J connectivity index is 0.00000300. The number of nitro benzene ring substituents is 1. The molecule has 0 aromatic heterocycles. The number of nitrogens with one attached hydrogen (secondary N) is 2. The van der Waals surface area contributed by atoms with Crippen molar-refractivity contribution in [1.29, 1.82) is 0 Å². The number of benzene rings is 1. The van der Waals surface area contributed by atoms with E-state index in [1.54, 1.807) is 12.1 Å². The van der Waals surface area contributed by atoms with Crippen LogP contribution >= 0.6 is 24.0 Å². The highest BCUT2D eigenvalue weighted by Gasteiger charge is 2.26. The van der Waals surface area contributed by atoms with E-state index >= 15 is 0 Å². The largest absolute Gasteiger partial charge is 0.357 e. The second-order valence-electron chi connectivity index (χ2n) is 7.87. The Kier molecular flexibility index (Phi) is 10.1. The molecule has 1 aromatic rings. The van der Waals surface area contributed by atoms with E-state index in [4.69, 9.17) is 0 Å². The van der Waals surface area contributed by atoms with E-state index in [2.05, 4.69) is 27.4 Å². The second kappa shape index (κ2) is 12.3. The maximum absolute atomic E-state index is 10.9. The summed E-state index contributed by atoms with van der Waals surface area (Å²) in [5.41, 5.74) is 0.958. The third-order valence-electron chi connectivity index (χ3n) is 5.85. The van der Waals surface area contributed by atoms with Crippen LogP contribution in [-0.2, 0) is 6.54 Å². The first-order valence-electron chi connectivity index (χ1n) is 10.7. The first-order valence-corrected chi connectivity index (χ1v) is 10.7. The van der Waals surface area contributed by atoms with Crippen molar-refractivity contribution in [2.24, 2.45) is 4.99 Å². The predicted octanol–water partition coefficient (Wildman–Crippen LogP) is 4.07. The van der Waals surface area contributed by atoms with Gasteiger partial charge in [0.25, 0.3) is 5.69 Å². The summed E-state index contributed by atoms with van der Waals surface area (Å²) in [7, 11) is 0. The number of aliphatic imine (C=N–C) groups is 1. The molecule has 1 aliphatic heterocycles. The minimum atomic E-state index is -0.364. The minimum absolute atomic E-state index is 0. The van der Waals surface area contributed by atoms with Crippen molar-refractivity contribution in [1.82, 2.24) is 15.5 Å². The minimum Gasteiger partial charge on any atom is -0.357 e. The number of guanidine groups is 1. The summed E-state index contributed by atoms with van der Waals surface area (Å²) < 4.78 is 0. The van der Waals surface area contributed by atoms with Crippen LogP contribution in [0.25, 0.3) is 0 Å². The SMILES string of the molecule is CCNC(=NCc1cccc([N+](=O)[O-])c1)NC1CCN(C2CCCCC2)CC1.I. The van der Waals surface area contributed by atoms with Gasteiger partial charge in [0.15, 0.2) is 5.96 Å². The molecule has 1 heterocycles. The molecule has 1 saturated carbocycles. The van der Waals surface area contributed by atoms with Gasteiger partial charge in [0.05, 0.1) is 11.5 Å². The van der Waals surface area contributed by atoms with Crippen molar-refractivity contribution in [2.75, 3.05) is 19.6 Å². The molecule has 2 fully saturated rings. The molecule has 3 rings (SSSR count). The molecule has 8 heteroatoms. The first kappa shape index (κ1) is 23.9. The Morgan fingerprint density at radius 1 is 1.21 bits per heavy atom. The molecular weight excluding hydrogens is 481 g/mol. The molecule has 162 valence electrons. The van der Waals surface area contributed by atoms with Crippen LogP contribution in [0.15, 0.2) is 29.3 Å². The summed E-state index contributed by atoms with van der Waals surface area (Å²) in [4.78, 5) is 17.9. The predicted molar refractivity (Wildman–Crippen MR) is 128 cm³/mol. The molecule has 0 amide bonds. The number of nitrogens with zero attached hydrogens (tertiary/aromatic N) is 3. The molecule has 0 radical (unpaired) electrons. The summed E-state index contributed by atoms with van der Waals surface area (Å²) >= 11 is 0. The van der Waals surface area contributed by atoms with Crippen LogP contribution in [0, 0.1) is 10.1 Å². The molecule has 2 aliphatic rings. The van der Waals surface area contributed by atoms with Crippen LogP contribution in [0.3, 0.4) is 0 Å². The van der Waals surface area contributed by atoms with Crippen LogP contribution < -0.4 is 10.6 Å². The lowest BCUT2D eigenvalue weighted by molar-refractivity contribution is -0.384. The zero-order valence-corrected chi connectivity index (χ0v) is 19.6. The number of hydrogen-bond donors (Lipinski definition) is 2. The highest BCUT2D eigenvalue weighted by atomic mass is 127. The van der Waals surface area contributed by atoms with Gasteiger partial charge in [-0.25, -0.2) is 4.99 Å². The van der Waals surface area contributed by atoms with Crippen molar-refractivity contribution in [3.63, 3.8) is 0 Å². The lowest BCUT2D eigenvalue weighted by atomic mass is 9.92. The number of hydrogen-bond acceptors (Lipinski definition) is 4. The average Bonchev–Trinajstić information content (AvgIpc) is 2.73. The number of nitro groups is 1. The average molecular weight is 515 g/mol. The van der Waals surface area contributed by atoms with Gasteiger partial charge in [0.2, 0.25) is 0 Å². The summed E-state index contributed by atoms with van der Waals surface area (Å²) in [6.07, 6.45) is 9.18.